The maximum absolute atomic E-state index is 12.2. The van der Waals surface area contributed by atoms with Crippen LogP contribution in [0.1, 0.15) is 25.3 Å². The average molecular weight is 359 g/mol. The topological polar surface area (TPSA) is 66.5 Å². The summed E-state index contributed by atoms with van der Waals surface area (Å²) in [6.45, 7) is 3.07. The molecule has 2 rings (SSSR count). The van der Waals surface area contributed by atoms with Crippen LogP contribution in [0.5, 0.6) is 0 Å². The number of carbonyl (C=O) groups excluding carboxylic acids is 1. The number of hydrogen-bond donors (Lipinski definition) is 1. The molecular formula is C16H23ClN2O3S. The lowest BCUT2D eigenvalue weighted by Gasteiger charge is -2.30. The van der Waals surface area contributed by atoms with Gasteiger partial charge in [0.25, 0.3) is 0 Å². The normalized spacial score (nSPS) is 17.1. The zero-order chi connectivity index (χ0) is 16.9. The van der Waals surface area contributed by atoms with Crippen LogP contribution in [0.3, 0.4) is 0 Å². The fourth-order valence-electron chi connectivity index (χ4n) is 2.75. The van der Waals surface area contributed by atoms with E-state index in [0.29, 0.717) is 37.5 Å². The van der Waals surface area contributed by atoms with Crippen LogP contribution in [0.4, 0.5) is 0 Å². The molecule has 1 aromatic rings. The Morgan fingerprint density at radius 1 is 1.35 bits per heavy atom. The second-order valence-corrected chi connectivity index (χ2v) is 8.44. The Morgan fingerprint density at radius 3 is 2.65 bits per heavy atom. The first-order valence-corrected chi connectivity index (χ1v) is 9.91. The van der Waals surface area contributed by atoms with Crippen molar-refractivity contribution in [3.05, 3.63) is 34.9 Å². The van der Waals surface area contributed by atoms with E-state index in [1.165, 1.54) is 4.31 Å². The van der Waals surface area contributed by atoms with Crippen LogP contribution in [0, 0.1) is 5.92 Å². The molecule has 128 valence electrons. The van der Waals surface area contributed by atoms with E-state index < -0.39 is 10.0 Å². The molecule has 1 fully saturated rings. The molecule has 0 unspecified atom stereocenters. The summed E-state index contributed by atoms with van der Waals surface area (Å²) in [6.07, 6.45) is 1.90. The van der Waals surface area contributed by atoms with Crippen molar-refractivity contribution in [3.8, 4) is 0 Å². The lowest BCUT2D eigenvalue weighted by atomic mass is 9.97. The number of carbonyl (C=O) groups is 1. The highest BCUT2D eigenvalue weighted by molar-refractivity contribution is 7.89. The molecular weight excluding hydrogens is 336 g/mol. The second-order valence-electron chi connectivity index (χ2n) is 5.74. The number of sulfonamides is 1. The number of benzene rings is 1. The van der Waals surface area contributed by atoms with Gasteiger partial charge in [0.15, 0.2) is 0 Å². The van der Waals surface area contributed by atoms with Gasteiger partial charge in [0.1, 0.15) is 0 Å². The fourth-order valence-corrected chi connectivity index (χ4v) is 4.09. The van der Waals surface area contributed by atoms with Gasteiger partial charge in [0.2, 0.25) is 15.9 Å². The van der Waals surface area contributed by atoms with Gasteiger partial charge in [-0.15, -0.1) is 0 Å². The molecule has 1 heterocycles. The Hall–Kier alpha value is -1.11. The van der Waals surface area contributed by atoms with Crippen molar-refractivity contribution in [2.45, 2.75) is 26.2 Å². The molecule has 0 radical (unpaired) electrons. The van der Waals surface area contributed by atoms with Crippen LogP contribution in [0.2, 0.25) is 5.02 Å². The minimum atomic E-state index is -3.14. The average Bonchev–Trinajstić information content (AvgIpc) is 2.55. The molecule has 1 aliphatic heterocycles. The number of amides is 1. The van der Waals surface area contributed by atoms with Gasteiger partial charge in [0, 0.05) is 30.6 Å². The van der Waals surface area contributed by atoms with E-state index in [2.05, 4.69) is 5.32 Å². The van der Waals surface area contributed by atoms with Crippen LogP contribution in [0.25, 0.3) is 0 Å². The largest absolute Gasteiger partial charge is 0.356 e. The molecule has 1 amide bonds. The SMILES string of the molecule is CCS(=O)(=O)N1CCC(C(=O)NCCc2cccc(Cl)c2)CC1. The van der Waals surface area contributed by atoms with Crippen molar-refractivity contribution in [1.82, 2.24) is 9.62 Å². The van der Waals surface area contributed by atoms with Crippen LogP contribution in [0.15, 0.2) is 24.3 Å². The Kier molecular flexibility index (Phi) is 6.44. The van der Waals surface area contributed by atoms with Gasteiger partial charge in [0.05, 0.1) is 5.75 Å². The highest BCUT2D eigenvalue weighted by atomic mass is 35.5. The molecule has 0 aliphatic carbocycles. The highest BCUT2D eigenvalue weighted by Crippen LogP contribution is 2.20. The minimum absolute atomic E-state index is 0.0144. The molecule has 0 aromatic heterocycles. The van der Waals surface area contributed by atoms with Crippen LogP contribution in [-0.4, -0.2) is 44.0 Å². The number of nitrogens with one attached hydrogen (secondary N) is 1. The summed E-state index contributed by atoms with van der Waals surface area (Å²) in [7, 11) is -3.14. The fraction of sp³-hybridized carbons (Fsp3) is 0.562. The maximum Gasteiger partial charge on any atom is 0.223 e. The van der Waals surface area contributed by atoms with Gasteiger partial charge in [-0.1, -0.05) is 23.7 Å². The zero-order valence-electron chi connectivity index (χ0n) is 13.3. The monoisotopic (exact) mass is 358 g/mol. The number of rotatable bonds is 6. The third-order valence-corrected chi connectivity index (χ3v) is 6.30. The standard InChI is InChI=1S/C16H23ClN2O3S/c1-2-23(21,22)19-10-7-14(8-11-19)16(20)18-9-6-13-4-3-5-15(17)12-13/h3-5,12,14H,2,6-11H2,1H3,(H,18,20). The summed E-state index contributed by atoms with van der Waals surface area (Å²) in [5.74, 6) is 0.0296. The van der Waals surface area contributed by atoms with Crippen LogP contribution >= 0.6 is 11.6 Å². The van der Waals surface area contributed by atoms with Crippen molar-refractivity contribution in [2.75, 3.05) is 25.4 Å². The van der Waals surface area contributed by atoms with Crippen LogP contribution in [-0.2, 0) is 21.2 Å². The highest BCUT2D eigenvalue weighted by Gasteiger charge is 2.29. The molecule has 0 spiro atoms. The first-order valence-electron chi connectivity index (χ1n) is 7.92. The zero-order valence-corrected chi connectivity index (χ0v) is 14.9. The summed E-state index contributed by atoms with van der Waals surface area (Å²) < 4.78 is 25.1. The molecule has 0 bridgehead atoms. The first-order chi connectivity index (χ1) is 10.9. The molecule has 5 nitrogen and oxygen atoms in total. The van der Waals surface area contributed by atoms with Crippen molar-refractivity contribution >= 4 is 27.5 Å². The Balaban J connectivity index is 1.75. The van der Waals surface area contributed by atoms with Gasteiger partial charge in [-0.3, -0.25) is 4.79 Å². The summed E-state index contributed by atoms with van der Waals surface area (Å²) in [5, 5.41) is 3.63. The smallest absolute Gasteiger partial charge is 0.223 e. The molecule has 1 aliphatic rings. The molecule has 0 atom stereocenters. The minimum Gasteiger partial charge on any atom is -0.356 e. The van der Waals surface area contributed by atoms with Crippen molar-refractivity contribution in [3.63, 3.8) is 0 Å². The summed E-state index contributed by atoms with van der Waals surface area (Å²) in [6, 6.07) is 7.58. The molecule has 23 heavy (non-hydrogen) atoms. The van der Waals surface area contributed by atoms with Crippen LogP contribution < -0.4 is 5.32 Å². The van der Waals surface area contributed by atoms with E-state index in [1.807, 2.05) is 24.3 Å². The van der Waals surface area contributed by atoms with Gasteiger partial charge < -0.3 is 5.32 Å². The predicted molar refractivity (Wildman–Crippen MR) is 91.9 cm³/mol. The lowest BCUT2D eigenvalue weighted by Crippen LogP contribution is -2.43. The lowest BCUT2D eigenvalue weighted by molar-refractivity contribution is -0.126. The van der Waals surface area contributed by atoms with Gasteiger partial charge in [-0.25, -0.2) is 12.7 Å². The van der Waals surface area contributed by atoms with Crippen molar-refractivity contribution in [2.24, 2.45) is 5.92 Å². The van der Waals surface area contributed by atoms with Crippen molar-refractivity contribution < 1.29 is 13.2 Å². The van der Waals surface area contributed by atoms with E-state index in [4.69, 9.17) is 11.6 Å². The third kappa shape index (κ3) is 5.19. The third-order valence-electron chi connectivity index (χ3n) is 4.18. The van der Waals surface area contributed by atoms with E-state index in [9.17, 15) is 13.2 Å². The molecule has 0 saturated carbocycles. The van der Waals surface area contributed by atoms with Gasteiger partial charge in [-0.2, -0.15) is 0 Å². The van der Waals surface area contributed by atoms with E-state index in [0.717, 1.165) is 12.0 Å². The van der Waals surface area contributed by atoms with E-state index in [-0.39, 0.29) is 17.6 Å². The first kappa shape index (κ1) is 18.2. The molecule has 1 saturated heterocycles. The molecule has 1 aromatic carbocycles. The number of piperidine rings is 1. The number of nitrogens with zero attached hydrogens (tertiary/aromatic N) is 1. The summed E-state index contributed by atoms with van der Waals surface area (Å²) in [5.41, 5.74) is 1.08. The second kappa shape index (κ2) is 8.13. The van der Waals surface area contributed by atoms with Crippen molar-refractivity contribution in [1.29, 1.82) is 0 Å². The Labute approximate surface area is 143 Å². The quantitative estimate of drug-likeness (QED) is 0.846. The van der Waals surface area contributed by atoms with E-state index in [1.54, 1.807) is 6.92 Å². The molecule has 1 N–H and O–H groups in total. The molecule has 7 heteroatoms. The summed E-state index contributed by atoms with van der Waals surface area (Å²) in [4.78, 5) is 12.2. The van der Waals surface area contributed by atoms with E-state index >= 15 is 0 Å². The Bertz CT molecular complexity index is 640. The summed E-state index contributed by atoms with van der Waals surface area (Å²) >= 11 is 5.93. The number of halogens is 1. The predicted octanol–water partition coefficient (Wildman–Crippen LogP) is 2.06. The number of hydrogen-bond acceptors (Lipinski definition) is 3. The van der Waals surface area contributed by atoms with Gasteiger partial charge >= 0.3 is 0 Å². The maximum atomic E-state index is 12.2. The Morgan fingerprint density at radius 2 is 2.04 bits per heavy atom. The van der Waals surface area contributed by atoms with Gasteiger partial charge in [-0.05, 0) is 43.9 Å².